The Kier molecular flexibility index (Phi) is 6.04. The molecular weight excluding hydrogens is 473 g/mol. The fourth-order valence-corrected chi connectivity index (χ4v) is 4.24. The van der Waals surface area contributed by atoms with E-state index < -0.39 is 24.2 Å². The van der Waals surface area contributed by atoms with Crippen LogP contribution >= 0.6 is 15.9 Å². The zero-order valence-electron chi connectivity index (χ0n) is 16.4. The molecule has 2 heterocycles. The van der Waals surface area contributed by atoms with Crippen molar-refractivity contribution in [3.8, 4) is 0 Å². The Bertz CT molecular complexity index is 1050. The van der Waals surface area contributed by atoms with Crippen molar-refractivity contribution >= 4 is 27.7 Å². The number of nitrogens with one attached hydrogen (secondary N) is 2. The number of fused-ring (bicyclic) bond motifs is 1. The quantitative estimate of drug-likeness (QED) is 0.509. The van der Waals surface area contributed by atoms with Crippen LogP contribution in [0.25, 0.3) is 0 Å². The number of nitrogens with zero attached hydrogens (tertiary/aromatic N) is 2. The van der Waals surface area contributed by atoms with E-state index in [9.17, 15) is 18.0 Å². The molecule has 0 saturated heterocycles. The fourth-order valence-electron chi connectivity index (χ4n) is 3.69. The first-order chi connectivity index (χ1) is 14.8. The molecule has 1 aliphatic rings. The molecular formula is C22H20BrF3N4O. The number of amides is 1. The Labute approximate surface area is 185 Å². The molecule has 3 aromatic rings. The summed E-state index contributed by atoms with van der Waals surface area (Å²) in [7, 11) is 0. The topological polar surface area (TPSA) is 59.0 Å². The normalized spacial score (nSPS) is 18.2. The lowest BCUT2D eigenvalue weighted by molar-refractivity contribution is -0.173. The van der Waals surface area contributed by atoms with Gasteiger partial charge in [0.05, 0.1) is 10.5 Å². The van der Waals surface area contributed by atoms with Crippen molar-refractivity contribution in [2.75, 3.05) is 11.9 Å². The highest BCUT2D eigenvalue weighted by molar-refractivity contribution is 9.10. The predicted octanol–water partition coefficient (Wildman–Crippen LogP) is 5.28. The first-order valence-corrected chi connectivity index (χ1v) is 10.6. The van der Waals surface area contributed by atoms with Crippen LogP contribution in [0.2, 0.25) is 0 Å². The Hall–Kier alpha value is -2.81. The summed E-state index contributed by atoms with van der Waals surface area (Å²) >= 11 is 3.29. The third kappa shape index (κ3) is 4.61. The molecule has 9 heteroatoms. The summed E-state index contributed by atoms with van der Waals surface area (Å²) < 4.78 is 42.6. The minimum absolute atomic E-state index is 0.0708. The Morgan fingerprint density at radius 2 is 1.77 bits per heavy atom. The lowest BCUT2D eigenvalue weighted by atomic mass is 9.97. The highest BCUT2D eigenvalue weighted by atomic mass is 79.9. The average molecular weight is 493 g/mol. The van der Waals surface area contributed by atoms with Gasteiger partial charge in [0.1, 0.15) is 5.82 Å². The van der Waals surface area contributed by atoms with E-state index in [0.29, 0.717) is 13.0 Å². The number of hydrogen-bond donors (Lipinski definition) is 2. The second kappa shape index (κ2) is 8.74. The van der Waals surface area contributed by atoms with Crippen molar-refractivity contribution in [3.63, 3.8) is 0 Å². The van der Waals surface area contributed by atoms with E-state index in [1.165, 1.54) is 0 Å². The van der Waals surface area contributed by atoms with Gasteiger partial charge in [0, 0.05) is 13.0 Å². The van der Waals surface area contributed by atoms with Gasteiger partial charge in [-0.25, -0.2) is 4.68 Å². The van der Waals surface area contributed by atoms with E-state index in [2.05, 4.69) is 31.7 Å². The minimum atomic E-state index is -4.50. The van der Waals surface area contributed by atoms with Crippen molar-refractivity contribution in [3.05, 3.63) is 82.0 Å². The lowest BCUT2D eigenvalue weighted by Gasteiger charge is -2.33. The largest absolute Gasteiger partial charge is 0.410 e. The van der Waals surface area contributed by atoms with Crippen LogP contribution < -0.4 is 10.6 Å². The molecule has 4 rings (SSSR count). The summed E-state index contributed by atoms with van der Waals surface area (Å²) in [5.74, 6) is -0.376. The van der Waals surface area contributed by atoms with Crippen LogP contribution in [0, 0.1) is 0 Å². The number of alkyl halides is 3. The Morgan fingerprint density at radius 1 is 1.13 bits per heavy atom. The van der Waals surface area contributed by atoms with Gasteiger partial charge in [-0.1, -0.05) is 60.7 Å². The van der Waals surface area contributed by atoms with Crippen LogP contribution in [0.5, 0.6) is 0 Å². The van der Waals surface area contributed by atoms with Crippen LogP contribution in [0.4, 0.5) is 19.0 Å². The van der Waals surface area contributed by atoms with E-state index in [1.54, 1.807) is 24.3 Å². The number of rotatable bonds is 5. The zero-order valence-corrected chi connectivity index (χ0v) is 18.0. The Balaban J connectivity index is 1.57. The second-order valence-electron chi connectivity index (χ2n) is 7.35. The molecule has 0 spiro atoms. The van der Waals surface area contributed by atoms with Crippen molar-refractivity contribution in [1.82, 2.24) is 15.1 Å². The van der Waals surface area contributed by atoms with Gasteiger partial charge in [0.2, 0.25) is 0 Å². The summed E-state index contributed by atoms with van der Waals surface area (Å²) in [6.07, 6.45) is -4.11. The number of halogens is 4. The first kappa shape index (κ1) is 21.4. The number of hydrogen-bond acceptors (Lipinski definition) is 3. The lowest BCUT2D eigenvalue weighted by Crippen LogP contribution is -2.36. The van der Waals surface area contributed by atoms with Crippen molar-refractivity contribution in [2.24, 2.45) is 0 Å². The summed E-state index contributed by atoms with van der Waals surface area (Å²) in [5.41, 5.74) is 1.72. The standard InChI is InChI=1S/C22H20BrF3N4O/c23-18-19(21(31)27-12-11-14-7-3-1-4-8-14)29-30-17(22(24,25)26)13-16(28-20(18)30)15-9-5-2-6-10-15/h1-10,16-17,28H,11-13H2,(H,27,31). The van der Waals surface area contributed by atoms with E-state index >= 15 is 0 Å². The number of anilines is 1. The van der Waals surface area contributed by atoms with Crippen LogP contribution in [0.15, 0.2) is 65.1 Å². The van der Waals surface area contributed by atoms with Crippen LogP contribution in [0.1, 0.15) is 40.1 Å². The molecule has 1 aromatic heterocycles. The van der Waals surface area contributed by atoms with Gasteiger partial charge < -0.3 is 10.6 Å². The fraction of sp³-hybridized carbons (Fsp3) is 0.273. The van der Waals surface area contributed by atoms with Crippen LogP contribution in [-0.4, -0.2) is 28.4 Å². The smallest absolute Gasteiger partial charge is 0.362 e. The number of carbonyl (C=O) groups is 1. The molecule has 0 radical (unpaired) electrons. The predicted molar refractivity (Wildman–Crippen MR) is 115 cm³/mol. The molecule has 1 aliphatic heterocycles. The van der Waals surface area contributed by atoms with E-state index in [4.69, 9.17) is 0 Å². The first-order valence-electron chi connectivity index (χ1n) is 9.83. The molecule has 2 N–H and O–H groups in total. The third-order valence-corrected chi connectivity index (χ3v) is 6.01. The van der Waals surface area contributed by atoms with Gasteiger partial charge in [0.25, 0.3) is 5.91 Å². The third-order valence-electron chi connectivity index (χ3n) is 5.25. The molecule has 31 heavy (non-hydrogen) atoms. The van der Waals surface area contributed by atoms with Gasteiger partial charge in [-0.15, -0.1) is 0 Å². The van der Waals surface area contributed by atoms with Gasteiger partial charge >= 0.3 is 6.18 Å². The van der Waals surface area contributed by atoms with Crippen molar-refractivity contribution < 1.29 is 18.0 Å². The second-order valence-corrected chi connectivity index (χ2v) is 8.14. The molecule has 162 valence electrons. The van der Waals surface area contributed by atoms with Gasteiger partial charge in [0.15, 0.2) is 11.7 Å². The molecule has 0 bridgehead atoms. The summed E-state index contributed by atoms with van der Waals surface area (Å²) in [5, 5.41) is 9.88. The SMILES string of the molecule is O=C(NCCc1ccccc1)c1nn2c(c1Br)NC(c1ccccc1)CC2C(F)(F)F. The number of benzene rings is 2. The van der Waals surface area contributed by atoms with Gasteiger partial charge in [-0.3, -0.25) is 4.79 Å². The molecule has 2 unspecified atom stereocenters. The molecule has 1 amide bonds. The number of aromatic nitrogens is 2. The summed E-state index contributed by atoms with van der Waals surface area (Å²) in [4.78, 5) is 12.7. The zero-order chi connectivity index (χ0) is 22.0. The highest BCUT2D eigenvalue weighted by Crippen LogP contribution is 2.46. The van der Waals surface area contributed by atoms with Crippen LogP contribution in [-0.2, 0) is 6.42 Å². The summed E-state index contributed by atoms with van der Waals surface area (Å²) in [6, 6.07) is 16.2. The number of carbonyl (C=O) groups excluding carboxylic acids is 1. The molecule has 0 fully saturated rings. The maximum Gasteiger partial charge on any atom is 0.410 e. The van der Waals surface area contributed by atoms with E-state index in [0.717, 1.165) is 15.8 Å². The van der Waals surface area contributed by atoms with Gasteiger partial charge in [-0.05, 0) is 33.5 Å². The molecule has 5 nitrogen and oxygen atoms in total. The minimum Gasteiger partial charge on any atom is -0.362 e. The molecule has 2 atom stereocenters. The average Bonchev–Trinajstić information content (AvgIpc) is 3.10. The maximum absolute atomic E-state index is 13.8. The van der Waals surface area contributed by atoms with E-state index in [1.807, 2.05) is 36.4 Å². The molecule has 2 aromatic carbocycles. The highest BCUT2D eigenvalue weighted by Gasteiger charge is 2.47. The summed E-state index contributed by atoms with van der Waals surface area (Å²) in [6.45, 7) is 0.347. The monoisotopic (exact) mass is 492 g/mol. The van der Waals surface area contributed by atoms with Crippen molar-refractivity contribution in [1.29, 1.82) is 0 Å². The van der Waals surface area contributed by atoms with Crippen molar-refractivity contribution in [2.45, 2.75) is 31.1 Å². The van der Waals surface area contributed by atoms with E-state index in [-0.39, 0.29) is 22.4 Å². The molecule has 0 saturated carbocycles. The van der Waals surface area contributed by atoms with Crippen LogP contribution in [0.3, 0.4) is 0 Å². The van der Waals surface area contributed by atoms with Gasteiger partial charge in [-0.2, -0.15) is 18.3 Å². The maximum atomic E-state index is 13.8. The Morgan fingerprint density at radius 3 is 2.42 bits per heavy atom. The molecule has 0 aliphatic carbocycles.